The zero-order valence-electron chi connectivity index (χ0n) is 27.4. The number of nitrogens with one attached hydrogen (secondary N) is 1. The maximum absolute atomic E-state index is 14.1. The van der Waals surface area contributed by atoms with Crippen molar-refractivity contribution in [3.8, 4) is 28.4 Å². The van der Waals surface area contributed by atoms with Crippen molar-refractivity contribution in [2.75, 3.05) is 19.0 Å². The highest BCUT2D eigenvalue weighted by Gasteiger charge is 2.64. The molecule has 0 radical (unpaired) electrons. The third-order valence-corrected chi connectivity index (χ3v) is 11.3. The highest BCUT2D eigenvalue weighted by molar-refractivity contribution is 6.07. The van der Waals surface area contributed by atoms with Gasteiger partial charge in [0.25, 0.3) is 17.4 Å². The Labute approximate surface area is 284 Å². The first kappa shape index (κ1) is 31.1. The van der Waals surface area contributed by atoms with Crippen molar-refractivity contribution in [3.63, 3.8) is 0 Å². The van der Waals surface area contributed by atoms with E-state index in [-0.39, 0.29) is 23.7 Å². The molecule has 1 saturated heterocycles. The molecular formula is C37H35F3N6O4. The second-order valence-corrected chi connectivity index (χ2v) is 14.2. The molecule has 5 aromatic rings. The predicted molar refractivity (Wildman–Crippen MR) is 180 cm³/mol. The van der Waals surface area contributed by atoms with Crippen molar-refractivity contribution < 1.29 is 32.6 Å². The van der Waals surface area contributed by atoms with Crippen LogP contribution in [0.5, 0.6) is 5.75 Å². The van der Waals surface area contributed by atoms with Gasteiger partial charge in [-0.1, -0.05) is 24.3 Å². The van der Waals surface area contributed by atoms with E-state index < -0.39 is 23.2 Å². The van der Waals surface area contributed by atoms with Crippen molar-refractivity contribution in [1.29, 1.82) is 0 Å². The van der Waals surface area contributed by atoms with Gasteiger partial charge in [0.15, 0.2) is 5.82 Å². The van der Waals surface area contributed by atoms with Crippen LogP contribution < -0.4 is 15.8 Å². The lowest BCUT2D eigenvalue weighted by molar-refractivity contribution is -0.252. The lowest BCUT2D eigenvalue weighted by atomic mass is 9.91. The minimum Gasteiger partial charge on any atom is -0.494 e. The number of amides is 2. The first-order valence-corrected chi connectivity index (χ1v) is 16.9. The molecule has 2 aliphatic carbocycles. The number of benzene rings is 3. The number of aryl methyl sites for hydroxylation is 1. The summed E-state index contributed by atoms with van der Waals surface area (Å²) in [5.41, 5.74) is 6.66. The Morgan fingerprint density at radius 2 is 1.90 bits per heavy atom. The monoisotopic (exact) mass is 684 g/mol. The van der Waals surface area contributed by atoms with E-state index in [4.69, 9.17) is 15.5 Å². The number of alkyl halides is 3. The SMILES string of the molecule is COc1cc(C(=O)N2C[C@H]3CC[C@@H]2C3N)cc2nc(-c3cc4cccc(-c5ccc6c(c5)C(O)(C(F)(F)F)C(=O)N6)c4n3CC3CC3)n(C)c12. The molecule has 9 rings (SSSR count). The number of rotatable bonds is 6. The van der Waals surface area contributed by atoms with Crippen LogP contribution in [0.1, 0.15) is 41.6 Å². The van der Waals surface area contributed by atoms with Gasteiger partial charge in [-0.2, -0.15) is 13.2 Å². The molecule has 13 heteroatoms. The van der Waals surface area contributed by atoms with Crippen molar-refractivity contribution in [2.24, 2.45) is 24.6 Å². The number of piperidine rings is 1. The summed E-state index contributed by atoms with van der Waals surface area (Å²) in [6.45, 7) is 1.31. The van der Waals surface area contributed by atoms with Crippen LogP contribution in [0.15, 0.2) is 54.6 Å². The van der Waals surface area contributed by atoms with Crippen LogP contribution in [-0.2, 0) is 24.0 Å². The number of nitrogens with zero attached hydrogens (tertiary/aromatic N) is 4. The second-order valence-electron chi connectivity index (χ2n) is 14.2. The van der Waals surface area contributed by atoms with Gasteiger partial charge in [-0.15, -0.1) is 0 Å². The Hall–Kier alpha value is -4.88. The van der Waals surface area contributed by atoms with Crippen LogP contribution in [0.3, 0.4) is 0 Å². The molecule has 10 nitrogen and oxygen atoms in total. The van der Waals surface area contributed by atoms with E-state index >= 15 is 0 Å². The molecule has 258 valence electrons. The number of aliphatic hydroxyl groups is 1. The molecule has 50 heavy (non-hydrogen) atoms. The van der Waals surface area contributed by atoms with Crippen molar-refractivity contribution in [3.05, 3.63) is 65.7 Å². The Balaban J connectivity index is 1.19. The number of imidazole rings is 1. The number of carbonyl (C=O) groups excluding carboxylic acids is 2. The summed E-state index contributed by atoms with van der Waals surface area (Å²) in [6, 6.07) is 15.5. The zero-order chi connectivity index (χ0) is 34.9. The number of hydrogen-bond donors (Lipinski definition) is 3. The first-order valence-electron chi connectivity index (χ1n) is 16.9. The number of para-hydroxylation sites is 1. The molecule has 3 aromatic carbocycles. The summed E-state index contributed by atoms with van der Waals surface area (Å²) in [4.78, 5) is 33.1. The van der Waals surface area contributed by atoms with Gasteiger partial charge in [0.1, 0.15) is 11.3 Å². The van der Waals surface area contributed by atoms with Gasteiger partial charge >= 0.3 is 6.18 Å². The first-order chi connectivity index (χ1) is 23.9. The molecule has 4 atom stereocenters. The largest absolute Gasteiger partial charge is 0.494 e. The van der Waals surface area contributed by atoms with Crippen molar-refractivity contribution in [1.82, 2.24) is 19.0 Å². The number of methoxy groups -OCH3 is 1. The molecular weight excluding hydrogens is 649 g/mol. The number of likely N-dealkylation sites (tertiary alicyclic amines) is 1. The third kappa shape index (κ3) is 4.32. The minimum absolute atomic E-state index is 0.00362. The molecule has 2 bridgehead atoms. The quantitative estimate of drug-likeness (QED) is 0.216. The number of aromatic nitrogens is 3. The summed E-state index contributed by atoms with van der Waals surface area (Å²) in [7, 11) is 3.47. The predicted octanol–water partition coefficient (Wildman–Crippen LogP) is 5.54. The Morgan fingerprint density at radius 1 is 1.10 bits per heavy atom. The zero-order valence-corrected chi connectivity index (χ0v) is 27.4. The van der Waals surface area contributed by atoms with E-state index in [1.807, 2.05) is 46.8 Å². The standard InChI is InChI=1S/C37H35F3N6O4/c1-44-32-26(13-22(15-29(32)50-2)34(47)46-17-21-9-11-27(46)30(21)41)42-33(44)28-14-20-4-3-5-23(31(20)45(28)16-18-6-7-18)19-8-10-25-24(12-19)36(49,35(48)43-25)37(38,39)40/h3-5,8,10,12-15,18,21,27,30,49H,6-7,9,11,16-17,41H2,1-2H3,(H,43,48)/t21-,27-,30?,36?/m1/s1. The van der Waals surface area contributed by atoms with Gasteiger partial charge in [-0.25, -0.2) is 4.98 Å². The summed E-state index contributed by atoms with van der Waals surface area (Å²) in [5.74, 6) is 0.295. The van der Waals surface area contributed by atoms with E-state index in [1.165, 1.54) is 12.1 Å². The van der Waals surface area contributed by atoms with Gasteiger partial charge in [-0.05, 0) is 73.4 Å². The molecule has 0 spiro atoms. The van der Waals surface area contributed by atoms with E-state index in [0.29, 0.717) is 58.7 Å². The number of anilines is 1. The molecule has 4 aliphatic rings. The summed E-state index contributed by atoms with van der Waals surface area (Å²) in [6.07, 6.45) is -1.16. The fourth-order valence-electron chi connectivity index (χ4n) is 8.49. The van der Waals surface area contributed by atoms with Gasteiger partial charge in [0.2, 0.25) is 0 Å². The highest BCUT2D eigenvalue weighted by Crippen LogP contribution is 2.49. The summed E-state index contributed by atoms with van der Waals surface area (Å²) >= 11 is 0. The number of fused-ring (bicyclic) bond motifs is 5. The lowest BCUT2D eigenvalue weighted by Crippen LogP contribution is -2.47. The lowest BCUT2D eigenvalue weighted by Gasteiger charge is -2.27. The summed E-state index contributed by atoms with van der Waals surface area (Å²) < 4.78 is 52.2. The van der Waals surface area contributed by atoms with Gasteiger partial charge in [0, 0.05) is 60.0 Å². The fraction of sp³-hybridized carbons (Fsp3) is 0.378. The van der Waals surface area contributed by atoms with Crippen LogP contribution in [-0.4, -0.2) is 67.9 Å². The average molecular weight is 685 g/mol. The smallest absolute Gasteiger partial charge is 0.430 e. The molecule has 3 fully saturated rings. The molecule has 2 unspecified atom stereocenters. The second kappa shape index (κ2) is 10.6. The van der Waals surface area contributed by atoms with Crippen LogP contribution in [0.25, 0.3) is 44.6 Å². The Kier molecular flexibility index (Phi) is 6.58. The van der Waals surface area contributed by atoms with Crippen LogP contribution in [0.4, 0.5) is 18.9 Å². The third-order valence-electron chi connectivity index (χ3n) is 11.3. The Morgan fingerprint density at radius 3 is 2.58 bits per heavy atom. The molecule has 2 saturated carbocycles. The fourth-order valence-corrected chi connectivity index (χ4v) is 8.49. The molecule has 4 N–H and O–H groups in total. The maximum atomic E-state index is 14.1. The number of halogens is 3. The summed E-state index contributed by atoms with van der Waals surface area (Å²) in [5, 5.41) is 13.7. The maximum Gasteiger partial charge on any atom is 0.430 e. The van der Waals surface area contributed by atoms with Crippen molar-refractivity contribution in [2.45, 2.75) is 56.1 Å². The van der Waals surface area contributed by atoms with Gasteiger partial charge in [0.05, 0.1) is 23.8 Å². The molecule has 4 heterocycles. The average Bonchev–Trinajstić information content (AvgIpc) is 3.30. The molecule has 2 aromatic heterocycles. The van der Waals surface area contributed by atoms with Crippen LogP contribution in [0.2, 0.25) is 0 Å². The van der Waals surface area contributed by atoms with E-state index in [1.54, 1.807) is 19.2 Å². The number of ether oxygens (including phenoxy) is 1. The van der Waals surface area contributed by atoms with Gasteiger partial charge in [-0.3, -0.25) is 9.59 Å². The number of hydrogen-bond acceptors (Lipinski definition) is 6. The van der Waals surface area contributed by atoms with Crippen LogP contribution in [0, 0.1) is 11.8 Å². The molecule has 2 amide bonds. The van der Waals surface area contributed by atoms with Crippen molar-refractivity contribution >= 4 is 39.4 Å². The number of carbonyl (C=O) groups is 2. The Bertz CT molecular complexity index is 2270. The normalized spacial score (nSPS) is 24.4. The minimum atomic E-state index is -5.21. The highest BCUT2D eigenvalue weighted by atomic mass is 19.4. The van der Waals surface area contributed by atoms with E-state index in [0.717, 1.165) is 47.8 Å². The topological polar surface area (TPSA) is 128 Å². The van der Waals surface area contributed by atoms with Gasteiger partial charge < -0.3 is 34.9 Å². The molecule has 2 aliphatic heterocycles. The van der Waals surface area contributed by atoms with Crippen LogP contribution >= 0.6 is 0 Å². The van der Waals surface area contributed by atoms with E-state index in [9.17, 15) is 27.9 Å². The number of nitrogens with two attached hydrogens (primary N) is 1. The van der Waals surface area contributed by atoms with E-state index in [2.05, 4.69) is 9.88 Å².